The van der Waals surface area contributed by atoms with Crippen LogP contribution in [0.15, 0.2) is 17.7 Å². The Morgan fingerprint density at radius 2 is 1.81 bits per heavy atom. The van der Waals surface area contributed by atoms with Gasteiger partial charge in [-0.3, -0.25) is 0 Å². The number of fused-ring (bicyclic) bond motifs is 1. The third kappa shape index (κ3) is 11.1. The second-order valence-corrected chi connectivity index (χ2v) is 10.3. The minimum absolute atomic E-state index is 0.228. The maximum Gasteiger partial charge on any atom is 0.407 e. The molecule has 0 aliphatic carbocycles. The molecule has 2 aromatic heterocycles. The van der Waals surface area contributed by atoms with Gasteiger partial charge in [-0.05, 0) is 31.1 Å². The van der Waals surface area contributed by atoms with Crippen LogP contribution in [0.1, 0.15) is 30.6 Å². The number of alkyl carbamates (subject to hydrolysis) is 1. The lowest BCUT2D eigenvalue weighted by molar-refractivity contribution is -0.132. The van der Waals surface area contributed by atoms with E-state index in [1.165, 1.54) is 17.4 Å². The van der Waals surface area contributed by atoms with Gasteiger partial charge >= 0.3 is 12.1 Å². The highest BCUT2D eigenvalue weighted by Gasteiger charge is 2.12. The van der Waals surface area contributed by atoms with Crippen molar-refractivity contribution >= 4 is 66.8 Å². The highest BCUT2D eigenvalue weighted by Crippen LogP contribution is 2.38. The van der Waals surface area contributed by atoms with Gasteiger partial charge in [-0.25, -0.2) is 9.59 Å². The van der Waals surface area contributed by atoms with Crippen molar-refractivity contribution in [1.82, 2.24) is 5.32 Å². The van der Waals surface area contributed by atoms with Gasteiger partial charge in [-0.15, -0.1) is 34.3 Å². The maximum atomic E-state index is 11.8. The van der Waals surface area contributed by atoms with Gasteiger partial charge in [0.05, 0.1) is 31.4 Å². The topological polar surface area (TPSA) is 121 Å². The molecule has 0 saturated heterocycles. The Morgan fingerprint density at radius 3 is 2.50 bits per heavy atom. The molecular weight excluding hydrogens is 526 g/mol. The Bertz CT molecular complexity index is 1000. The molecule has 2 N–H and O–H groups in total. The molecular formula is C24H32ClN3O6S2. The number of aliphatic carboxylic acids is 1. The van der Waals surface area contributed by atoms with E-state index in [4.69, 9.17) is 36.2 Å². The lowest BCUT2D eigenvalue weighted by Gasteiger charge is -2.16. The second-order valence-electron chi connectivity index (χ2n) is 7.75. The number of halogens is 1. The van der Waals surface area contributed by atoms with E-state index in [1.807, 2.05) is 24.1 Å². The van der Waals surface area contributed by atoms with Crippen LogP contribution in [0.3, 0.4) is 0 Å². The molecule has 0 aliphatic heterocycles. The fourth-order valence-electron chi connectivity index (χ4n) is 3.02. The zero-order chi connectivity index (χ0) is 26.2. The third-order valence-corrected chi connectivity index (χ3v) is 7.57. The van der Waals surface area contributed by atoms with Crippen molar-refractivity contribution in [2.45, 2.75) is 25.7 Å². The van der Waals surface area contributed by atoms with Crippen molar-refractivity contribution in [2.75, 3.05) is 64.0 Å². The molecule has 0 spiro atoms. The molecule has 36 heavy (non-hydrogen) atoms. The standard InChI is InChI=1S/C24H32ClN3O6S2/c1-28(22-16-21-20(36-22)15-19(35-21)14-18(17-26)23(29)30)8-11-34-24(31)27-7-10-33-13-12-32-9-5-3-2-4-6-25/h14-16H,2-13H2,1H3,(H,27,31)(H,29,30)/b18-14+. The van der Waals surface area contributed by atoms with E-state index in [-0.39, 0.29) is 12.2 Å². The Kier molecular flexibility index (Phi) is 14.2. The molecule has 0 aromatic carbocycles. The van der Waals surface area contributed by atoms with Crippen LogP contribution in [0.5, 0.6) is 0 Å². The molecule has 2 rings (SSSR count). The van der Waals surface area contributed by atoms with Crippen molar-refractivity contribution in [2.24, 2.45) is 0 Å². The van der Waals surface area contributed by atoms with Gasteiger partial charge in [0.15, 0.2) is 0 Å². The molecule has 2 aromatic rings. The summed E-state index contributed by atoms with van der Waals surface area (Å²) in [5.41, 5.74) is -0.294. The number of likely N-dealkylation sites (N-methyl/N-ethyl adjacent to an activating group) is 1. The lowest BCUT2D eigenvalue weighted by Crippen LogP contribution is -2.31. The molecule has 9 nitrogen and oxygen atoms in total. The molecule has 0 aliphatic rings. The third-order valence-electron chi connectivity index (χ3n) is 4.95. The molecule has 0 bridgehead atoms. The molecule has 0 saturated carbocycles. The van der Waals surface area contributed by atoms with Gasteiger partial charge < -0.3 is 29.5 Å². The van der Waals surface area contributed by atoms with Crippen molar-refractivity contribution in [3.63, 3.8) is 0 Å². The molecule has 2 heterocycles. The van der Waals surface area contributed by atoms with Crippen LogP contribution in [0.2, 0.25) is 0 Å². The molecule has 0 atom stereocenters. The maximum absolute atomic E-state index is 11.8. The minimum Gasteiger partial charge on any atom is -0.477 e. The molecule has 0 radical (unpaired) electrons. The van der Waals surface area contributed by atoms with E-state index in [2.05, 4.69) is 5.32 Å². The number of ether oxygens (including phenoxy) is 3. The fourth-order valence-corrected chi connectivity index (χ4v) is 5.54. The number of hydrogen-bond acceptors (Lipinski definition) is 9. The highest BCUT2D eigenvalue weighted by atomic mass is 35.5. The average Bonchev–Trinajstić information content (AvgIpc) is 3.42. The van der Waals surface area contributed by atoms with Crippen molar-refractivity contribution < 1.29 is 28.9 Å². The highest BCUT2D eigenvalue weighted by molar-refractivity contribution is 7.30. The molecule has 12 heteroatoms. The van der Waals surface area contributed by atoms with Crippen LogP contribution in [-0.2, 0) is 19.0 Å². The fraction of sp³-hybridized carbons (Fsp3) is 0.542. The summed E-state index contributed by atoms with van der Waals surface area (Å²) >= 11 is 8.60. The predicted molar refractivity (Wildman–Crippen MR) is 144 cm³/mol. The van der Waals surface area contributed by atoms with E-state index in [1.54, 1.807) is 17.4 Å². The van der Waals surface area contributed by atoms with Gasteiger partial charge in [-0.2, -0.15) is 5.26 Å². The number of nitrogens with zero attached hydrogens (tertiary/aromatic N) is 2. The number of carbonyl (C=O) groups excluding carboxylic acids is 1. The van der Waals surface area contributed by atoms with E-state index < -0.39 is 12.1 Å². The normalized spacial score (nSPS) is 11.4. The zero-order valence-corrected chi connectivity index (χ0v) is 22.7. The SMILES string of the molecule is CN(CCOC(=O)NCCOCCOCCCCCCCl)c1cc2sc(/C=C(\C#N)C(=O)O)cc2s1. The summed E-state index contributed by atoms with van der Waals surface area (Å²) in [5, 5.41) is 21.5. The smallest absolute Gasteiger partial charge is 0.407 e. The Morgan fingerprint density at radius 1 is 1.08 bits per heavy atom. The molecule has 198 valence electrons. The van der Waals surface area contributed by atoms with Crippen LogP contribution in [0.25, 0.3) is 15.5 Å². The number of nitrogens with one attached hydrogen (secondary N) is 1. The number of thiophene rings is 2. The Labute approximate surface area is 224 Å². The van der Waals surface area contributed by atoms with Crippen molar-refractivity contribution in [3.05, 3.63) is 22.6 Å². The number of hydrogen-bond donors (Lipinski definition) is 2. The van der Waals surface area contributed by atoms with Crippen LogP contribution < -0.4 is 10.2 Å². The van der Waals surface area contributed by atoms with Gasteiger partial charge in [0, 0.05) is 40.4 Å². The van der Waals surface area contributed by atoms with Gasteiger partial charge in [-0.1, -0.05) is 12.8 Å². The zero-order valence-electron chi connectivity index (χ0n) is 20.3. The minimum atomic E-state index is -1.24. The van der Waals surface area contributed by atoms with E-state index in [0.29, 0.717) is 38.8 Å². The number of amides is 1. The number of nitriles is 1. The van der Waals surface area contributed by atoms with Crippen LogP contribution >= 0.6 is 34.3 Å². The summed E-state index contributed by atoms with van der Waals surface area (Å²) < 4.78 is 18.1. The summed E-state index contributed by atoms with van der Waals surface area (Å²) in [6, 6.07) is 5.55. The van der Waals surface area contributed by atoms with Gasteiger partial charge in [0.2, 0.25) is 0 Å². The number of unbranched alkanes of at least 4 members (excludes halogenated alkanes) is 3. The number of carboxylic acids is 1. The van der Waals surface area contributed by atoms with Gasteiger partial charge in [0.25, 0.3) is 0 Å². The first-order chi connectivity index (χ1) is 17.4. The quantitative estimate of drug-likeness (QED) is 0.114. The summed E-state index contributed by atoms with van der Waals surface area (Å²) in [4.78, 5) is 25.5. The van der Waals surface area contributed by atoms with Gasteiger partial charge in [0.1, 0.15) is 18.2 Å². The van der Waals surface area contributed by atoms with E-state index >= 15 is 0 Å². The summed E-state index contributed by atoms with van der Waals surface area (Å²) in [6.45, 7) is 3.24. The number of alkyl halides is 1. The lowest BCUT2D eigenvalue weighted by atomic mass is 10.2. The predicted octanol–water partition coefficient (Wildman–Crippen LogP) is 4.95. The molecule has 0 fully saturated rings. The Hall–Kier alpha value is -2.36. The van der Waals surface area contributed by atoms with E-state index in [0.717, 1.165) is 51.6 Å². The first kappa shape index (κ1) is 29.9. The molecule has 0 unspecified atom stereocenters. The monoisotopic (exact) mass is 557 g/mol. The van der Waals surface area contributed by atoms with Crippen molar-refractivity contribution in [1.29, 1.82) is 5.26 Å². The average molecular weight is 558 g/mol. The number of carboxylic acid groups (broad SMARTS) is 1. The first-order valence-electron chi connectivity index (χ1n) is 11.7. The number of carbonyl (C=O) groups is 2. The summed E-state index contributed by atoms with van der Waals surface area (Å²) in [7, 11) is 1.91. The van der Waals surface area contributed by atoms with Crippen LogP contribution in [0.4, 0.5) is 9.80 Å². The first-order valence-corrected chi connectivity index (χ1v) is 13.8. The second kappa shape index (κ2) is 17.2. The summed E-state index contributed by atoms with van der Waals surface area (Å²) in [6.07, 6.45) is 5.23. The Balaban J connectivity index is 1.56. The van der Waals surface area contributed by atoms with Crippen LogP contribution in [0, 0.1) is 11.3 Å². The van der Waals surface area contributed by atoms with Crippen LogP contribution in [-0.4, -0.2) is 76.2 Å². The van der Waals surface area contributed by atoms with Crippen molar-refractivity contribution in [3.8, 4) is 6.07 Å². The molecule has 1 amide bonds. The largest absolute Gasteiger partial charge is 0.477 e. The number of rotatable bonds is 18. The van der Waals surface area contributed by atoms with E-state index in [9.17, 15) is 9.59 Å². The number of anilines is 1. The summed E-state index contributed by atoms with van der Waals surface area (Å²) in [5.74, 6) is -0.524.